The highest BCUT2D eigenvalue weighted by Gasteiger charge is 2.18. The molecule has 1 amide bonds. The Bertz CT molecular complexity index is 1460. The maximum absolute atomic E-state index is 12.0. The summed E-state index contributed by atoms with van der Waals surface area (Å²) in [5, 5.41) is 7.30. The van der Waals surface area contributed by atoms with Gasteiger partial charge in [-0.25, -0.2) is 14.8 Å². The second-order valence-corrected chi connectivity index (χ2v) is 11.4. The van der Waals surface area contributed by atoms with Gasteiger partial charge >= 0.3 is 6.09 Å². The van der Waals surface area contributed by atoms with E-state index in [2.05, 4.69) is 51.8 Å². The molecule has 0 aliphatic heterocycles. The van der Waals surface area contributed by atoms with Crippen molar-refractivity contribution in [2.75, 3.05) is 26.1 Å². The van der Waals surface area contributed by atoms with Gasteiger partial charge in [0.15, 0.2) is 11.5 Å². The van der Waals surface area contributed by atoms with Crippen molar-refractivity contribution in [2.45, 2.75) is 52.7 Å². The van der Waals surface area contributed by atoms with Crippen LogP contribution in [-0.4, -0.2) is 42.4 Å². The number of aromatic nitrogens is 2. The monoisotopic (exact) mass is 548 g/mol. The van der Waals surface area contributed by atoms with Crippen molar-refractivity contribution >= 4 is 34.2 Å². The molecule has 0 aliphatic carbocycles. The molecule has 8 nitrogen and oxygen atoms in total. The maximum atomic E-state index is 12.0. The number of hydrogen-bond donors (Lipinski definition) is 2. The van der Waals surface area contributed by atoms with Gasteiger partial charge in [0.1, 0.15) is 17.2 Å². The van der Waals surface area contributed by atoms with E-state index in [1.54, 1.807) is 25.6 Å². The Morgan fingerprint density at radius 3 is 2.46 bits per heavy atom. The van der Waals surface area contributed by atoms with Crippen molar-refractivity contribution in [2.24, 2.45) is 0 Å². The van der Waals surface area contributed by atoms with Crippen molar-refractivity contribution in [1.82, 2.24) is 15.3 Å². The molecule has 1 atom stereocenters. The maximum Gasteiger partial charge on any atom is 0.407 e. The molecule has 2 heterocycles. The first kappa shape index (κ1) is 28.2. The zero-order valence-corrected chi connectivity index (χ0v) is 24.4. The highest BCUT2D eigenvalue weighted by molar-refractivity contribution is 7.15. The van der Waals surface area contributed by atoms with Crippen LogP contribution in [0.25, 0.3) is 21.3 Å². The number of fused-ring (bicyclic) bond motifs is 1. The number of alkyl carbamates (subject to hydrolysis) is 1. The fraction of sp³-hybridized carbons (Fsp3) is 0.367. The van der Waals surface area contributed by atoms with E-state index in [1.807, 2.05) is 52.0 Å². The number of benzene rings is 2. The van der Waals surface area contributed by atoms with Gasteiger partial charge in [0.05, 0.1) is 25.8 Å². The van der Waals surface area contributed by atoms with Crippen LogP contribution in [0.2, 0.25) is 0 Å². The average molecular weight is 549 g/mol. The number of anilines is 1. The molecule has 2 N–H and O–H groups in total. The fourth-order valence-electron chi connectivity index (χ4n) is 4.28. The van der Waals surface area contributed by atoms with Crippen molar-refractivity contribution in [3.63, 3.8) is 0 Å². The van der Waals surface area contributed by atoms with Crippen LogP contribution < -0.4 is 20.1 Å². The van der Waals surface area contributed by atoms with Gasteiger partial charge in [-0.3, -0.25) is 0 Å². The van der Waals surface area contributed by atoms with E-state index in [-0.39, 0.29) is 6.04 Å². The van der Waals surface area contributed by atoms with Gasteiger partial charge in [-0.15, -0.1) is 11.3 Å². The van der Waals surface area contributed by atoms with Crippen LogP contribution >= 0.6 is 11.3 Å². The van der Waals surface area contributed by atoms with Gasteiger partial charge in [-0.1, -0.05) is 24.3 Å². The number of hydrogen-bond acceptors (Lipinski definition) is 8. The molecule has 0 radical (unpaired) electrons. The molecule has 2 aromatic heterocycles. The van der Waals surface area contributed by atoms with Gasteiger partial charge in [-0.05, 0) is 70.4 Å². The number of carbonyl (C=O) groups is 1. The molecule has 39 heavy (non-hydrogen) atoms. The van der Waals surface area contributed by atoms with Crippen molar-refractivity contribution in [1.29, 1.82) is 0 Å². The van der Waals surface area contributed by atoms with E-state index in [0.29, 0.717) is 30.3 Å². The quantitative estimate of drug-likeness (QED) is 0.234. The number of nitrogens with one attached hydrogen (secondary N) is 2. The Kier molecular flexibility index (Phi) is 8.60. The standard InChI is InChI=1S/C30H36N4O4S/c1-18(32-28-22-16-24(36-6)25(37-7)17-23(22)33-19(2)34-28)26-12-13-27(39-26)21-11-9-8-10-20(21)14-15-31-29(35)38-30(3,4)5/h8-13,16-18H,14-15H2,1-7H3,(H,31,35)(H,32,33,34). The summed E-state index contributed by atoms with van der Waals surface area (Å²) in [6, 6.07) is 16.4. The number of amides is 1. The number of aryl methyl sites for hydroxylation is 1. The lowest BCUT2D eigenvalue weighted by Crippen LogP contribution is -2.33. The first-order valence-electron chi connectivity index (χ1n) is 12.9. The van der Waals surface area contributed by atoms with E-state index in [9.17, 15) is 4.79 Å². The van der Waals surface area contributed by atoms with Crippen LogP contribution in [0.1, 0.15) is 50.0 Å². The minimum atomic E-state index is -0.518. The van der Waals surface area contributed by atoms with Gasteiger partial charge in [-0.2, -0.15) is 0 Å². The Hall–Kier alpha value is -3.85. The normalized spacial score (nSPS) is 12.2. The minimum Gasteiger partial charge on any atom is -0.493 e. The molecular weight excluding hydrogens is 512 g/mol. The molecule has 2 aromatic carbocycles. The van der Waals surface area contributed by atoms with Crippen LogP contribution in [0.5, 0.6) is 11.5 Å². The summed E-state index contributed by atoms with van der Waals surface area (Å²) in [6.07, 6.45) is 0.301. The number of methoxy groups -OCH3 is 2. The van der Waals surface area contributed by atoms with Crippen molar-refractivity contribution < 1.29 is 19.0 Å². The summed E-state index contributed by atoms with van der Waals surface area (Å²) >= 11 is 1.74. The van der Waals surface area contributed by atoms with E-state index in [1.165, 1.54) is 15.3 Å². The van der Waals surface area contributed by atoms with Crippen LogP contribution in [0, 0.1) is 6.92 Å². The fourth-order valence-corrected chi connectivity index (χ4v) is 5.35. The molecule has 0 bridgehead atoms. The molecule has 0 spiro atoms. The molecule has 206 valence electrons. The van der Waals surface area contributed by atoms with Gasteiger partial charge in [0, 0.05) is 27.8 Å². The number of rotatable bonds is 9. The van der Waals surface area contributed by atoms with E-state index >= 15 is 0 Å². The lowest BCUT2D eigenvalue weighted by atomic mass is 10.0. The number of carbonyl (C=O) groups excluding carboxylic acids is 1. The predicted molar refractivity (Wildman–Crippen MR) is 157 cm³/mol. The summed E-state index contributed by atoms with van der Waals surface area (Å²) in [5.74, 6) is 2.68. The number of ether oxygens (including phenoxy) is 3. The highest BCUT2D eigenvalue weighted by Crippen LogP contribution is 2.37. The second-order valence-electron chi connectivity index (χ2n) is 10.2. The summed E-state index contributed by atoms with van der Waals surface area (Å²) in [5.41, 5.74) is 2.60. The molecule has 4 rings (SSSR count). The largest absolute Gasteiger partial charge is 0.493 e. The van der Waals surface area contributed by atoms with Crippen LogP contribution in [0.3, 0.4) is 0 Å². The Morgan fingerprint density at radius 2 is 1.74 bits per heavy atom. The summed E-state index contributed by atoms with van der Waals surface area (Å²) in [7, 11) is 3.23. The van der Waals surface area contributed by atoms with E-state index in [4.69, 9.17) is 14.2 Å². The van der Waals surface area contributed by atoms with Crippen LogP contribution in [-0.2, 0) is 11.2 Å². The smallest absolute Gasteiger partial charge is 0.407 e. The molecule has 0 saturated heterocycles. The second kappa shape index (κ2) is 11.9. The van der Waals surface area contributed by atoms with Crippen LogP contribution in [0.4, 0.5) is 10.6 Å². The Balaban J connectivity index is 1.52. The molecule has 4 aromatic rings. The Morgan fingerprint density at radius 1 is 1.03 bits per heavy atom. The third-order valence-corrected chi connectivity index (χ3v) is 7.37. The first-order valence-corrected chi connectivity index (χ1v) is 13.7. The lowest BCUT2D eigenvalue weighted by molar-refractivity contribution is 0.0528. The number of thiophene rings is 1. The molecular formula is C30H36N4O4S. The van der Waals surface area contributed by atoms with E-state index < -0.39 is 11.7 Å². The first-order chi connectivity index (χ1) is 18.6. The van der Waals surface area contributed by atoms with E-state index in [0.717, 1.165) is 22.3 Å². The number of nitrogens with zero attached hydrogens (tertiary/aromatic N) is 2. The van der Waals surface area contributed by atoms with Crippen LogP contribution in [0.15, 0.2) is 48.5 Å². The molecule has 1 unspecified atom stereocenters. The Labute approximate surface area is 233 Å². The highest BCUT2D eigenvalue weighted by atomic mass is 32.1. The topological polar surface area (TPSA) is 94.6 Å². The third kappa shape index (κ3) is 6.97. The average Bonchev–Trinajstić information content (AvgIpc) is 3.37. The van der Waals surface area contributed by atoms with Crippen molar-refractivity contribution in [3.8, 4) is 21.9 Å². The molecule has 0 saturated carbocycles. The zero-order chi connectivity index (χ0) is 28.2. The predicted octanol–water partition coefficient (Wildman–Crippen LogP) is 6.92. The van der Waals surface area contributed by atoms with Gasteiger partial charge in [0.2, 0.25) is 0 Å². The van der Waals surface area contributed by atoms with Gasteiger partial charge < -0.3 is 24.8 Å². The molecule has 0 fully saturated rings. The zero-order valence-electron chi connectivity index (χ0n) is 23.5. The van der Waals surface area contributed by atoms with Gasteiger partial charge in [0.25, 0.3) is 0 Å². The van der Waals surface area contributed by atoms with Crippen molar-refractivity contribution in [3.05, 3.63) is 64.8 Å². The molecule has 9 heteroatoms. The minimum absolute atomic E-state index is 0.00958. The lowest BCUT2D eigenvalue weighted by Gasteiger charge is -2.19. The summed E-state index contributed by atoms with van der Waals surface area (Å²) in [6.45, 7) is 10.1. The third-order valence-electron chi connectivity index (χ3n) is 6.07. The SMILES string of the molecule is COc1cc2nc(C)nc(NC(C)c3ccc(-c4ccccc4CCNC(=O)OC(C)(C)C)s3)c2cc1OC. The summed E-state index contributed by atoms with van der Waals surface area (Å²) in [4.78, 5) is 23.7. The molecule has 0 aliphatic rings. The summed E-state index contributed by atoms with van der Waals surface area (Å²) < 4.78 is 16.3.